The highest BCUT2D eigenvalue weighted by molar-refractivity contribution is 5.74. The standard InChI is InChI=1S/C21H32N2O2/c1-15(2)6-5-11-22-12-18-13-23(16(3)24)21(20(18)14-22)17-7-9-19(25-4)10-8-17/h7-10,15,18,20-21H,5-6,11-14H2,1-4H3/t18-,20-,21+/m1/s1. The van der Waals surface area contributed by atoms with Crippen molar-refractivity contribution in [2.75, 3.05) is 33.3 Å². The molecule has 2 aliphatic rings. The SMILES string of the molecule is COc1ccc([C@H]2[C@@H]3CN(CCCC(C)C)C[C@@H]3CN2C(C)=O)cc1. The van der Waals surface area contributed by atoms with Gasteiger partial charge >= 0.3 is 0 Å². The average Bonchev–Trinajstić information content (AvgIpc) is 3.12. The van der Waals surface area contributed by atoms with Crippen LogP contribution < -0.4 is 4.74 Å². The molecule has 25 heavy (non-hydrogen) atoms. The number of benzene rings is 1. The van der Waals surface area contributed by atoms with Gasteiger partial charge in [-0.1, -0.05) is 26.0 Å². The number of ether oxygens (including phenoxy) is 1. The first-order valence-electron chi connectivity index (χ1n) is 9.63. The zero-order valence-electron chi connectivity index (χ0n) is 16.1. The van der Waals surface area contributed by atoms with Crippen LogP contribution in [0.4, 0.5) is 0 Å². The van der Waals surface area contributed by atoms with Gasteiger partial charge in [0.2, 0.25) is 5.91 Å². The molecule has 0 bridgehead atoms. The number of fused-ring (bicyclic) bond motifs is 1. The van der Waals surface area contributed by atoms with E-state index in [9.17, 15) is 4.79 Å². The van der Waals surface area contributed by atoms with E-state index in [0.29, 0.717) is 11.8 Å². The van der Waals surface area contributed by atoms with Crippen LogP contribution in [0.1, 0.15) is 45.2 Å². The number of methoxy groups -OCH3 is 1. The van der Waals surface area contributed by atoms with Crippen LogP contribution in [0, 0.1) is 17.8 Å². The zero-order chi connectivity index (χ0) is 18.0. The van der Waals surface area contributed by atoms with E-state index < -0.39 is 0 Å². The molecule has 4 nitrogen and oxygen atoms in total. The molecule has 0 aromatic heterocycles. The first-order chi connectivity index (χ1) is 12.0. The van der Waals surface area contributed by atoms with Crippen LogP contribution in [0.2, 0.25) is 0 Å². The summed E-state index contributed by atoms with van der Waals surface area (Å²) in [6, 6.07) is 8.49. The first kappa shape index (κ1) is 18.2. The molecule has 3 rings (SSSR count). The van der Waals surface area contributed by atoms with Crippen molar-refractivity contribution in [3.63, 3.8) is 0 Å². The lowest BCUT2D eigenvalue weighted by Gasteiger charge is -2.29. The number of nitrogens with zero attached hydrogens (tertiary/aromatic N) is 2. The summed E-state index contributed by atoms with van der Waals surface area (Å²) in [5, 5.41) is 0. The normalized spacial score (nSPS) is 26.3. The van der Waals surface area contributed by atoms with E-state index in [1.165, 1.54) is 24.9 Å². The fourth-order valence-electron chi connectivity index (χ4n) is 4.60. The van der Waals surface area contributed by atoms with Gasteiger partial charge in [0.05, 0.1) is 13.2 Å². The molecule has 0 radical (unpaired) electrons. The summed E-state index contributed by atoms with van der Waals surface area (Å²) < 4.78 is 5.28. The van der Waals surface area contributed by atoms with Gasteiger partial charge < -0.3 is 14.5 Å². The summed E-state index contributed by atoms with van der Waals surface area (Å²) in [5.41, 5.74) is 1.24. The van der Waals surface area contributed by atoms with E-state index in [4.69, 9.17) is 4.74 Å². The first-order valence-corrected chi connectivity index (χ1v) is 9.63. The molecule has 1 aromatic carbocycles. The Morgan fingerprint density at radius 2 is 1.92 bits per heavy atom. The Balaban J connectivity index is 1.71. The second-order valence-electron chi connectivity index (χ2n) is 8.11. The van der Waals surface area contributed by atoms with Crippen LogP contribution in [-0.4, -0.2) is 49.0 Å². The van der Waals surface area contributed by atoms with Crippen molar-refractivity contribution in [2.45, 2.75) is 39.7 Å². The Hall–Kier alpha value is -1.55. The molecule has 0 unspecified atom stereocenters. The van der Waals surface area contributed by atoms with E-state index in [-0.39, 0.29) is 11.9 Å². The van der Waals surface area contributed by atoms with Crippen LogP contribution in [0.15, 0.2) is 24.3 Å². The van der Waals surface area contributed by atoms with Crippen LogP contribution in [-0.2, 0) is 4.79 Å². The van der Waals surface area contributed by atoms with Gasteiger partial charge in [-0.25, -0.2) is 0 Å². The Kier molecular flexibility index (Phi) is 5.67. The highest BCUT2D eigenvalue weighted by Crippen LogP contribution is 2.45. The lowest BCUT2D eigenvalue weighted by molar-refractivity contribution is -0.130. The fourth-order valence-corrected chi connectivity index (χ4v) is 4.60. The molecule has 2 fully saturated rings. The number of rotatable bonds is 6. The molecular formula is C21H32N2O2. The van der Waals surface area contributed by atoms with Gasteiger partial charge in [0, 0.05) is 32.5 Å². The molecule has 138 valence electrons. The third-order valence-electron chi connectivity index (χ3n) is 5.86. The predicted molar refractivity (Wildman–Crippen MR) is 101 cm³/mol. The maximum Gasteiger partial charge on any atom is 0.219 e. The highest BCUT2D eigenvalue weighted by atomic mass is 16.5. The molecule has 3 atom stereocenters. The minimum absolute atomic E-state index is 0.196. The van der Waals surface area contributed by atoms with Crippen molar-refractivity contribution in [3.05, 3.63) is 29.8 Å². The highest BCUT2D eigenvalue weighted by Gasteiger charge is 2.48. The molecule has 1 aromatic rings. The summed E-state index contributed by atoms with van der Waals surface area (Å²) in [5.74, 6) is 3.00. The van der Waals surface area contributed by atoms with Crippen LogP contribution >= 0.6 is 0 Å². The maximum atomic E-state index is 12.2. The third-order valence-corrected chi connectivity index (χ3v) is 5.86. The molecule has 2 heterocycles. The summed E-state index contributed by atoms with van der Waals surface area (Å²) in [6.45, 7) is 10.6. The van der Waals surface area contributed by atoms with Gasteiger partial charge in [-0.2, -0.15) is 0 Å². The van der Waals surface area contributed by atoms with Gasteiger partial charge in [-0.3, -0.25) is 4.79 Å². The van der Waals surface area contributed by atoms with Crippen molar-refractivity contribution < 1.29 is 9.53 Å². The number of carbonyl (C=O) groups excluding carboxylic acids is 1. The Morgan fingerprint density at radius 3 is 2.52 bits per heavy atom. The second kappa shape index (κ2) is 7.77. The summed E-state index contributed by atoms with van der Waals surface area (Å²) in [7, 11) is 1.69. The van der Waals surface area contributed by atoms with E-state index in [2.05, 4.69) is 35.8 Å². The van der Waals surface area contributed by atoms with Gasteiger partial charge in [-0.15, -0.1) is 0 Å². The molecule has 4 heteroatoms. The Bertz CT molecular complexity index is 584. The summed E-state index contributed by atoms with van der Waals surface area (Å²) in [6.07, 6.45) is 2.58. The lowest BCUT2D eigenvalue weighted by Crippen LogP contribution is -2.34. The quantitative estimate of drug-likeness (QED) is 0.791. The molecule has 0 saturated carbocycles. The van der Waals surface area contributed by atoms with Gasteiger partial charge in [0.1, 0.15) is 5.75 Å². The lowest BCUT2D eigenvalue weighted by atomic mass is 9.89. The van der Waals surface area contributed by atoms with Gasteiger partial charge in [-0.05, 0) is 48.9 Å². The van der Waals surface area contributed by atoms with Crippen molar-refractivity contribution in [1.82, 2.24) is 9.80 Å². The van der Waals surface area contributed by atoms with Crippen LogP contribution in [0.25, 0.3) is 0 Å². The van der Waals surface area contributed by atoms with Crippen molar-refractivity contribution >= 4 is 5.91 Å². The molecule has 2 aliphatic heterocycles. The summed E-state index contributed by atoms with van der Waals surface area (Å²) >= 11 is 0. The average molecular weight is 344 g/mol. The minimum atomic E-state index is 0.196. The van der Waals surface area contributed by atoms with E-state index in [1.807, 2.05) is 12.1 Å². The monoisotopic (exact) mass is 344 g/mol. The smallest absolute Gasteiger partial charge is 0.219 e. The molecular weight excluding hydrogens is 312 g/mol. The van der Waals surface area contributed by atoms with E-state index >= 15 is 0 Å². The Labute approximate surface area is 152 Å². The minimum Gasteiger partial charge on any atom is -0.497 e. The number of hydrogen-bond donors (Lipinski definition) is 0. The Morgan fingerprint density at radius 1 is 1.20 bits per heavy atom. The number of likely N-dealkylation sites (tertiary alicyclic amines) is 2. The largest absolute Gasteiger partial charge is 0.497 e. The third kappa shape index (κ3) is 4.00. The van der Waals surface area contributed by atoms with E-state index in [1.54, 1.807) is 14.0 Å². The van der Waals surface area contributed by atoms with Crippen molar-refractivity contribution in [3.8, 4) is 5.75 Å². The van der Waals surface area contributed by atoms with Gasteiger partial charge in [0.25, 0.3) is 0 Å². The molecule has 0 N–H and O–H groups in total. The van der Waals surface area contributed by atoms with Gasteiger partial charge in [0.15, 0.2) is 0 Å². The van der Waals surface area contributed by atoms with E-state index in [0.717, 1.165) is 31.3 Å². The fraction of sp³-hybridized carbons (Fsp3) is 0.667. The number of hydrogen-bond acceptors (Lipinski definition) is 3. The number of carbonyl (C=O) groups is 1. The zero-order valence-corrected chi connectivity index (χ0v) is 16.1. The van der Waals surface area contributed by atoms with Crippen LogP contribution in [0.3, 0.4) is 0 Å². The summed E-state index contributed by atoms with van der Waals surface area (Å²) in [4.78, 5) is 16.9. The topological polar surface area (TPSA) is 32.8 Å². The molecule has 1 amide bonds. The molecule has 2 saturated heterocycles. The molecule has 0 aliphatic carbocycles. The number of amides is 1. The molecule has 0 spiro atoms. The van der Waals surface area contributed by atoms with Crippen LogP contribution in [0.5, 0.6) is 5.75 Å². The second-order valence-corrected chi connectivity index (χ2v) is 8.11. The van der Waals surface area contributed by atoms with Crippen molar-refractivity contribution in [1.29, 1.82) is 0 Å². The maximum absolute atomic E-state index is 12.2. The van der Waals surface area contributed by atoms with Crippen molar-refractivity contribution in [2.24, 2.45) is 17.8 Å². The predicted octanol–water partition coefficient (Wildman–Crippen LogP) is 3.58.